The molecule has 6 nitrogen and oxygen atoms in total. The molecule has 1 unspecified atom stereocenters. The summed E-state index contributed by atoms with van der Waals surface area (Å²) in [6, 6.07) is 1.29. The van der Waals surface area contributed by atoms with Crippen LogP contribution in [0, 0.1) is 11.3 Å². The van der Waals surface area contributed by atoms with Crippen molar-refractivity contribution in [2.45, 2.75) is 18.6 Å². The summed E-state index contributed by atoms with van der Waals surface area (Å²) in [4.78, 5) is 11.0. The second kappa shape index (κ2) is 5.14. The first-order valence-corrected chi connectivity index (χ1v) is 6.27. The van der Waals surface area contributed by atoms with Crippen LogP contribution in [0.2, 0.25) is 0 Å². The van der Waals surface area contributed by atoms with Gasteiger partial charge in [-0.15, -0.1) is 0 Å². The number of hydrogen-bond donors (Lipinski definition) is 1. The molecule has 3 heterocycles. The predicted octanol–water partition coefficient (Wildman–Crippen LogP) is 2.84. The number of rotatable bonds is 3. The third-order valence-corrected chi connectivity index (χ3v) is 3.21. The highest BCUT2D eigenvalue weighted by Crippen LogP contribution is 2.34. The number of aromatic nitrogens is 5. The van der Waals surface area contributed by atoms with Crippen molar-refractivity contribution in [2.75, 3.05) is 0 Å². The standard InChI is InChI=1S/C13H9F3N6/c14-13(15,16)10(1-3-17)22-6-8(5-21-22)11-9-2-4-18-12(9)20-7-19-11/h2,4-7,10H,1H2,(H,18,19,20). The maximum atomic E-state index is 13.0. The Hall–Kier alpha value is -2.89. The summed E-state index contributed by atoms with van der Waals surface area (Å²) < 4.78 is 39.6. The number of halogens is 3. The molecule has 3 aromatic heterocycles. The average molecular weight is 306 g/mol. The number of H-pyrrole nitrogens is 1. The summed E-state index contributed by atoms with van der Waals surface area (Å²) in [6.07, 6.45) is 0.278. The lowest BCUT2D eigenvalue weighted by Gasteiger charge is -2.17. The highest BCUT2D eigenvalue weighted by Gasteiger charge is 2.41. The molecule has 0 spiro atoms. The molecule has 0 aliphatic heterocycles. The van der Waals surface area contributed by atoms with Crippen LogP contribution in [0.15, 0.2) is 31.0 Å². The summed E-state index contributed by atoms with van der Waals surface area (Å²) in [5.74, 6) is 0. The van der Waals surface area contributed by atoms with E-state index in [9.17, 15) is 13.2 Å². The molecule has 0 aliphatic rings. The van der Waals surface area contributed by atoms with Crippen molar-refractivity contribution in [3.05, 3.63) is 31.0 Å². The molecule has 0 bridgehead atoms. The Bertz CT molecular complexity index is 841. The number of nitrogens with one attached hydrogen (secondary N) is 1. The van der Waals surface area contributed by atoms with Gasteiger partial charge in [0.25, 0.3) is 0 Å². The summed E-state index contributed by atoms with van der Waals surface area (Å²) in [6.45, 7) is 0. The second-order valence-corrected chi connectivity index (χ2v) is 4.59. The van der Waals surface area contributed by atoms with E-state index in [0.29, 0.717) is 22.3 Å². The Morgan fingerprint density at radius 1 is 1.36 bits per heavy atom. The third kappa shape index (κ3) is 2.39. The van der Waals surface area contributed by atoms with E-state index in [-0.39, 0.29) is 0 Å². The van der Waals surface area contributed by atoms with Crippen molar-refractivity contribution in [1.29, 1.82) is 5.26 Å². The second-order valence-electron chi connectivity index (χ2n) is 4.59. The number of nitrogens with zero attached hydrogens (tertiary/aromatic N) is 5. The highest BCUT2D eigenvalue weighted by molar-refractivity contribution is 5.89. The van der Waals surface area contributed by atoms with Crippen LogP contribution in [-0.2, 0) is 0 Å². The molecule has 0 saturated heterocycles. The van der Waals surface area contributed by atoms with Gasteiger partial charge in [0.1, 0.15) is 12.0 Å². The minimum Gasteiger partial charge on any atom is -0.346 e. The summed E-state index contributed by atoms with van der Waals surface area (Å²) in [5, 5.41) is 13.0. The summed E-state index contributed by atoms with van der Waals surface area (Å²) >= 11 is 0. The van der Waals surface area contributed by atoms with E-state index >= 15 is 0 Å². The Morgan fingerprint density at radius 2 is 2.18 bits per heavy atom. The van der Waals surface area contributed by atoms with E-state index in [2.05, 4.69) is 20.1 Å². The maximum Gasteiger partial charge on any atom is 0.411 e. The Labute approximate surface area is 122 Å². The van der Waals surface area contributed by atoms with Crippen LogP contribution >= 0.6 is 0 Å². The van der Waals surface area contributed by atoms with Gasteiger partial charge in [-0.25, -0.2) is 9.97 Å². The quantitative estimate of drug-likeness (QED) is 0.806. The van der Waals surface area contributed by atoms with Gasteiger partial charge in [-0.2, -0.15) is 23.5 Å². The largest absolute Gasteiger partial charge is 0.411 e. The van der Waals surface area contributed by atoms with Gasteiger partial charge >= 0.3 is 6.18 Å². The molecular weight excluding hydrogens is 297 g/mol. The minimum absolute atomic E-state index is 0.430. The monoisotopic (exact) mass is 306 g/mol. The molecule has 9 heteroatoms. The van der Waals surface area contributed by atoms with Crippen molar-refractivity contribution >= 4 is 11.0 Å². The van der Waals surface area contributed by atoms with E-state index < -0.39 is 18.6 Å². The van der Waals surface area contributed by atoms with Crippen molar-refractivity contribution < 1.29 is 13.2 Å². The Kier molecular flexibility index (Phi) is 3.29. The number of nitriles is 1. The zero-order valence-corrected chi connectivity index (χ0v) is 11.0. The number of aromatic amines is 1. The van der Waals surface area contributed by atoms with Crippen molar-refractivity contribution in [2.24, 2.45) is 0 Å². The summed E-state index contributed by atoms with van der Waals surface area (Å²) in [5.41, 5.74) is 1.50. The van der Waals surface area contributed by atoms with Crippen molar-refractivity contribution in [3.63, 3.8) is 0 Å². The molecular formula is C13H9F3N6. The molecule has 3 rings (SSSR count). The first kappa shape index (κ1) is 14.1. The van der Waals surface area contributed by atoms with Gasteiger partial charge in [-0.05, 0) is 6.07 Å². The van der Waals surface area contributed by atoms with E-state index in [1.165, 1.54) is 24.8 Å². The number of alkyl halides is 3. The smallest absolute Gasteiger partial charge is 0.346 e. The van der Waals surface area contributed by atoms with Crippen molar-refractivity contribution in [1.82, 2.24) is 24.7 Å². The SMILES string of the molecule is N#CCC(n1cc(-c2ncnc3[nH]ccc23)cn1)C(F)(F)F. The van der Waals surface area contributed by atoms with Crippen LogP contribution in [0.4, 0.5) is 13.2 Å². The molecule has 22 heavy (non-hydrogen) atoms. The van der Waals surface area contributed by atoms with E-state index in [0.717, 1.165) is 4.68 Å². The molecule has 0 aromatic carbocycles. The van der Waals surface area contributed by atoms with Crippen LogP contribution in [-0.4, -0.2) is 30.9 Å². The van der Waals surface area contributed by atoms with Gasteiger partial charge in [-0.3, -0.25) is 4.68 Å². The molecule has 0 fully saturated rings. The van der Waals surface area contributed by atoms with Gasteiger partial charge < -0.3 is 4.98 Å². The number of hydrogen-bond acceptors (Lipinski definition) is 4. The first-order chi connectivity index (χ1) is 10.5. The molecule has 1 atom stereocenters. The molecule has 3 aromatic rings. The average Bonchev–Trinajstić information content (AvgIpc) is 3.11. The van der Waals surface area contributed by atoms with Gasteiger partial charge in [0.15, 0.2) is 6.04 Å². The van der Waals surface area contributed by atoms with Crippen molar-refractivity contribution in [3.8, 4) is 17.3 Å². The minimum atomic E-state index is -4.55. The number of fused-ring (bicyclic) bond motifs is 1. The fraction of sp³-hybridized carbons (Fsp3) is 0.231. The Morgan fingerprint density at radius 3 is 2.91 bits per heavy atom. The molecule has 0 aliphatic carbocycles. The van der Waals surface area contributed by atoms with Gasteiger partial charge in [-0.1, -0.05) is 0 Å². The van der Waals surface area contributed by atoms with Gasteiger partial charge in [0.05, 0.1) is 24.4 Å². The molecule has 0 radical (unpaired) electrons. The normalized spacial score (nSPS) is 13.2. The molecule has 112 valence electrons. The van der Waals surface area contributed by atoms with Gasteiger partial charge in [0, 0.05) is 23.3 Å². The highest BCUT2D eigenvalue weighted by atomic mass is 19.4. The van der Waals surface area contributed by atoms with E-state index in [1.807, 2.05) is 0 Å². The molecule has 1 N–H and O–H groups in total. The summed E-state index contributed by atoms with van der Waals surface area (Å²) in [7, 11) is 0. The van der Waals surface area contributed by atoms with Crippen LogP contribution < -0.4 is 0 Å². The maximum absolute atomic E-state index is 13.0. The van der Waals surface area contributed by atoms with Crippen LogP contribution in [0.1, 0.15) is 12.5 Å². The predicted molar refractivity (Wildman–Crippen MR) is 70.4 cm³/mol. The topological polar surface area (TPSA) is 83.2 Å². The lowest BCUT2D eigenvalue weighted by molar-refractivity contribution is -0.169. The van der Waals surface area contributed by atoms with Crippen LogP contribution in [0.5, 0.6) is 0 Å². The fourth-order valence-corrected chi connectivity index (χ4v) is 2.18. The molecule has 0 amide bonds. The third-order valence-electron chi connectivity index (χ3n) is 3.21. The Balaban J connectivity index is 2.04. The van der Waals surface area contributed by atoms with Gasteiger partial charge in [0.2, 0.25) is 0 Å². The zero-order valence-electron chi connectivity index (χ0n) is 11.0. The molecule has 0 saturated carbocycles. The van der Waals surface area contributed by atoms with Crippen LogP contribution in [0.25, 0.3) is 22.3 Å². The lowest BCUT2D eigenvalue weighted by atomic mass is 10.2. The van der Waals surface area contributed by atoms with E-state index in [1.54, 1.807) is 12.3 Å². The van der Waals surface area contributed by atoms with Crippen LogP contribution in [0.3, 0.4) is 0 Å². The van der Waals surface area contributed by atoms with E-state index in [4.69, 9.17) is 5.26 Å². The lowest BCUT2D eigenvalue weighted by Crippen LogP contribution is -2.26. The fourth-order valence-electron chi connectivity index (χ4n) is 2.18. The zero-order chi connectivity index (χ0) is 15.7. The first-order valence-electron chi connectivity index (χ1n) is 6.27.